The summed E-state index contributed by atoms with van der Waals surface area (Å²) in [5, 5.41) is 2.72. The highest BCUT2D eigenvalue weighted by Gasteiger charge is 2.16. The van der Waals surface area contributed by atoms with Crippen LogP contribution in [0, 0.1) is 5.92 Å². The van der Waals surface area contributed by atoms with Gasteiger partial charge in [-0.2, -0.15) is 0 Å². The fraction of sp³-hybridized carbons (Fsp3) is 0.562. The van der Waals surface area contributed by atoms with Gasteiger partial charge >= 0.3 is 6.09 Å². The van der Waals surface area contributed by atoms with Gasteiger partial charge in [-0.05, 0) is 45.2 Å². The van der Waals surface area contributed by atoms with E-state index in [4.69, 9.17) is 4.74 Å². The number of carbonyl (C=O) groups excluding carboxylic acids is 2. The number of hydrogen-bond donors (Lipinski definition) is 1. The van der Waals surface area contributed by atoms with Crippen molar-refractivity contribution in [2.24, 2.45) is 5.92 Å². The number of carbonyl (C=O) groups is 2. The van der Waals surface area contributed by atoms with E-state index >= 15 is 0 Å². The Balaban J connectivity index is 2.27. The molecule has 1 amide bonds. The van der Waals surface area contributed by atoms with E-state index in [0.29, 0.717) is 24.9 Å². The molecule has 0 aliphatic rings. The Hall–Kier alpha value is -1.91. The largest absolute Gasteiger partial charge is 0.444 e. The van der Waals surface area contributed by atoms with Crippen molar-refractivity contribution in [3.8, 4) is 0 Å². The van der Waals surface area contributed by atoms with E-state index < -0.39 is 11.7 Å². The van der Waals surface area contributed by atoms with Gasteiger partial charge in [0.05, 0.1) is 0 Å². The number of ketones is 1. The zero-order valence-corrected chi connectivity index (χ0v) is 13.2. The molecule has 1 aromatic heterocycles. The second kappa shape index (κ2) is 7.76. The molecule has 0 spiro atoms. The summed E-state index contributed by atoms with van der Waals surface area (Å²) < 4.78 is 5.16. The van der Waals surface area contributed by atoms with Crippen LogP contribution in [-0.4, -0.2) is 29.0 Å². The van der Waals surface area contributed by atoms with Crippen molar-refractivity contribution in [2.45, 2.75) is 46.1 Å². The normalized spacial score (nSPS) is 12.6. The topological polar surface area (TPSA) is 68.3 Å². The number of hydrogen-bond acceptors (Lipinski definition) is 4. The van der Waals surface area contributed by atoms with E-state index in [-0.39, 0.29) is 11.7 Å². The van der Waals surface area contributed by atoms with Crippen LogP contribution in [0.15, 0.2) is 24.5 Å². The van der Waals surface area contributed by atoms with Crippen LogP contribution in [0.1, 0.15) is 50.9 Å². The summed E-state index contributed by atoms with van der Waals surface area (Å²) >= 11 is 0. The Morgan fingerprint density at radius 1 is 1.38 bits per heavy atom. The first-order chi connectivity index (χ1) is 9.78. The zero-order chi connectivity index (χ0) is 15.9. The smallest absolute Gasteiger partial charge is 0.407 e. The van der Waals surface area contributed by atoms with Crippen molar-refractivity contribution in [1.29, 1.82) is 0 Å². The van der Waals surface area contributed by atoms with Crippen LogP contribution in [0.25, 0.3) is 0 Å². The van der Waals surface area contributed by atoms with Crippen LogP contribution in [0.3, 0.4) is 0 Å². The Morgan fingerprint density at radius 2 is 2.10 bits per heavy atom. The number of aromatic nitrogens is 1. The lowest BCUT2D eigenvalue weighted by Crippen LogP contribution is -2.34. The number of ether oxygens (including phenoxy) is 1. The predicted molar refractivity (Wildman–Crippen MR) is 81.2 cm³/mol. The minimum atomic E-state index is -0.496. The van der Waals surface area contributed by atoms with Crippen molar-refractivity contribution < 1.29 is 14.3 Å². The molecular weight excluding hydrogens is 268 g/mol. The molecule has 0 saturated carbocycles. The standard InChI is InChI=1S/C16H24N2O3/c1-12(10-18-15(20)21-16(2,3)4)7-8-14(19)13-6-5-9-17-11-13/h5-6,9,11-12H,7-8,10H2,1-4H3,(H,18,20). The molecule has 116 valence electrons. The minimum absolute atomic E-state index is 0.0761. The lowest BCUT2D eigenvalue weighted by atomic mass is 10.0. The molecule has 0 fully saturated rings. The molecule has 1 atom stereocenters. The summed E-state index contributed by atoms with van der Waals surface area (Å²) in [6.07, 6.45) is 3.95. The second-order valence-electron chi connectivity index (χ2n) is 6.19. The summed E-state index contributed by atoms with van der Waals surface area (Å²) in [5.41, 5.74) is 0.133. The number of alkyl carbamates (subject to hydrolysis) is 1. The van der Waals surface area contributed by atoms with Gasteiger partial charge in [-0.3, -0.25) is 9.78 Å². The Morgan fingerprint density at radius 3 is 2.67 bits per heavy atom. The lowest BCUT2D eigenvalue weighted by Gasteiger charge is -2.20. The first-order valence-corrected chi connectivity index (χ1v) is 7.18. The molecule has 1 N–H and O–H groups in total. The Bertz CT molecular complexity index is 466. The maximum atomic E-state index is 11.9. The van der Waals surface area contributed by atoms with Crippen molar-refractivity contribution >= 4 is 11.9 Å². The highest BCUT2D eigenvalue weighted by atomic mass is 16.6. The maximum absolute atomic E-state index is 11.9. The quantitative estimate of drug-likeness (QED) is 0.817. The molecule has 1 heterocycles. The number of pyridine rings is 1. The van der Waals surface area contributed by atoms with Gasteiger partial charge in [0.1, 0.15) is 5.60 Å². The zero-order valence-electron chi connectivity index (χ0n) is 13.2. The molecule has 0 radical (unpaired) electrons. The third-order valence-corrected chi connectivity index (χ3v) is 2.84. The van der Waals surface area contributed by atoms with Gasteiger partial charge in [-0.15, -0.1) is 0 Å². The van der Waals surface area contributed by atoms with Crippen molar-refractivity contribution in [3.05, 3.63) is 30.1 Å². The molecule has 0 aromatic carbocycles. The maximum Gasteiger partial charge on any atom is 0.407 e. The van der Waals surface area contributed by atoms with E-state index in [1.54, 1.807) is 24.5 Å². The second-order valence-corrected chi connectivity index (χ2v) is 6.19. The third-order valence-electron chi connectivity index (χ3n) is 2.84. The van der Waals surface area contributed by atoms with Gasteiger partial charge in [0, 0.05) is 30.9 Å². The Kier molecular flexibility index (Phi) is 6.34. The number of Topliss-reactive ketones (excluding diaryl/α,β-unsaturated/α-hetero) is 1. The van der Waals surface area contributed by atoms with E-state index in [1.807, 2.05) is 27.7 Å². The molecule has 0 bridgehead atoms. The summed E-state index contributed by atoms with van der Waals surface area (Å²) in [6, 6.07) is 3.51. The fourth-order valence-electron chi connectivity index (χ4n) is 1.72. The average molecular weight is 292 g/mol. The molecule has 5 heteroatoms. The summed E-state index contributed by atoms with van der Waals surface area (Å²) in [7, 11) is 0. The van der Waals surface area contributed by atoms with E-state index in [0.717, 1.165) is 0 Å². The summed E-state index contributed by atoms with van der Waals surface area (Å²) in [4.78, 5) is 27.4. The first-order valence-electron chi connectivity index (χ1n) is 7.18. The minimum Gasteiger partial charge on any atom is -0.444 e. The Labute approximate surface area is 126 Å². The molecule has 1 aromatic rings. The van der Waals surface area contributed by atoms with Crippen molar-refractivity contribution in [2.75, 3.05) is 6.54 Å². The molecular formula is C16H24N2O3. The molecule has 0 aliphatic heterocycles. The summed E-state index contributed by atoms with van der Waals surface area (Å²) in [5.74, 6) is 0.283. The predicted octanol–water partition coefficient (Wildman–Crippen LogP) is 3.21. The molecule has 21 heavy (non-hydrogen) atoms. The summed E-state index contributed by atoms with van der Waals surface area (Å²) in [6.45, 7) is 7.96. The van der Waals surface area contributed by atoms with E-state index in [1.165, 1.54) is 0 Å². The van der Waals surface area contributed by atoms with Gasteiger partial charge in [0.15, 0.2) is 5.78 Å². The number of nitrogens with one attached hydrogen (secondary N) is 1. The number of rotatable bonds is 6. The molecule has 1 rings (SSSR count). The fourth-order valence-corrected chi connectivity index (χ4v) is 1.72. The SMILES string of the molecule is CC(CCC(=O)c1cccnc1)CNC(=O)OC(C)(C)C. The van der Waals surface area contributed by atoms with Crippen LogP contribution in [-0.2, 0) is 4.74 Å². The van der Waals surface area contributed by atoms with Crippen molar-refractivity contribution in [1.82, 2.24) is 10.3 Å². The first kappa shape index (κ1) is 17.1. The van der Waals surface area contributed by atoms with Gasteiger partial charge < -0.3 is 10.1 Å². The third kappa shape index (κ3) is 7.44. The average Bonchev–Trinajstić information content (AvgIpc) is 2.41. The van der Waals surface area contributed by atoms with Gasteiger partial charge in [-0.25, -0.2) is 4.79 Å². The van der Waals surface area contributed by atoms with E-state index in [2.05, 4.69) is 10.3 Å². The van der Waals surface area contributed by atoms with Crippen LogP contribution in [0.5, 0.6) is 0 Å². The van der Waals surface area contributed by atoms with Crippen LogP contribution in [0.4, 0.5) is 4.79 Å². The van der Waals surface area contributed by atoms with Gasteiger partial charge in [-0.1, -0.05) is 6.92 Å². The van der Waals surface area contributed by atoms with Gasteiger partial charge in [0.25, 0.3) is 0 Å². The molecule has 0 aliphatic carbocycles. The van der Waals surface area contributed by atoms with E-state index in [9.17, 15) is 9.59 Å². The highest BCUT2D eigenvalue weighted by Crippen LogP contribution is 2.10. The molecule has 1 unspecified atom stereocenters. The van der Waals surface area contributed by atoms with Crippen LogP contribution in [0.2, 0.25) is 0 Å². The highest BCUT2D eigenvalue weighted by molar-refractivity contribution is 5.95. The number of amides is 1. The molecule has 0 saturated heterocycles. The lowest BCUT2D eigenvalue weighted by molar-refractivity contribution is 0.0520. The van der Waals surface area contributed by atoms with Crippen LogP contribution < -0.4 is 5.32 Å². The number of nitrogens with zero attached hydrogens (tertiary/aromatic N) is 1. The monoisotopic (exact) mass is 292 g/mol. The molecule has 5 nitrogen and oxygen atoms in total. The van der Waals surface area contributed by atoms with Crippen molar-refractivity contribution in [3.63, 3.8) is 0 Å². The van der Waals surface area contributed by atoms with Gasteiger partial charge in [0.2, 0.25) is 0 Å². The van der Waals surface area contributed by atoms with Crippen LogP contribution >= 0.6 is 0 Å².